The Morgan fingerprint density at radius 3 is 2.27 bits per heavy atom. The van der Waals surface area contributed by atoms with Gasteiger partial charge in [-0.1, -0.05) is 30.3 Å². The zero-order valence-electron chi connectivity index (χ0n) is 9.47. The standard InChI is InChI=1S/C12H18N2O/c1-9(2)14(3)12(15)11(13)10-7-5-4-6-8-10/h4-9,11H,13H2,1-3H3. The first-order valence-corrected chi connectivity index (χ1v) is 5.11. The second-order valence-electron chi connectivity index (χ2n) is 3.93. The molecule has 1 aromatic carbocycles. The molecule has 0 aliphatic rings. The lowest BCUT2D eigenvalue weighted by molar-refractivity contribution is -0.132. The van der Waals surface area contributed by atoms with Gasteiger partial charge in [-0.25, -0.2) is 0 Å². The first-order chi connectivity index (χ1) is 7.04. The summed E-state index contributed by atoms with van der Waals surface area (Å²) in [4.78, 5) is 13.6. The van der Waals surface area contributed by atoms with Crippen molar-refractivity contribution in [3.8, 4) is 0 Å². The molecule has 0 aliphatic heterocycles. The van der Waals surface area contributed by atoms with Gasteiger partial charge in [-0.3, -0.25) is 4.79 Å². The molecule has 0 radical (unpaired) electrons. The Kier molecular flexibility index (Phi) is 3.86. The second kappa shape index (κ2) is 4.94. The number of likely N-dealkylation sites (N-methyl/N-ethyl adjacent to an activating group) is 1. The summed E-state index contributed by atoms with van der Waals surface area (Å²) in [6, 6.07) is 9.04. The fraction of sp³-hybridized carbons (Fsp3) is 0.417. The summed E-state index contributed by atoms with van der Waals surface area (Å²) in [6.07, 6.45) is 0. The molecule has 0 saturated carbocycles. The molecule has 3 nitrogen and oxygen atoms in total. The number of nitrogens with two attached hydrogens (primary N) is 1. The van der Waals surface area contributed by atoms with E-state index in [-0.39, 0.29) is 11.9 Å². The van der Waals surface area contributed by atoms with Crippen molar-refractivity contribution in [2.45, 2.75) is 25.9 Å². The normalized spacial score (nSPS) is 12.6. The van der Waals surface area contributed by atoms with Crippen LogP contribution in [0.3, 0.4) is 0 Å². The Labute approximate surface area is 90.9 Å². The molecule has 82 valence electrons. The maximum Gasteiger partial charge on any atom is 0.244 e. The van der Waals surface area contributed by atoms with E-state index in [0.717, 1.165) is 5.56 Å². The highest BCUT2D eigenvalue weighted by Crippen LogP contribution is 2.13. The van der Waals surface area contributed by atoms with Gasteiger partial charge in [0.25, 0.3) is 0 Å². The molecule has 0 heterocycles. The topological polar surface area (TPSA) is 46.3 Å². The van der Waals surface area contributed by atoms with Crippen molar-refractivity contribution in [1.29, 1.82) is 0 Å². The molecule has 2 N–H and O–H groups in total. The van der Waals surface area contributed by atoms with Crippen molar-refractivity contribution < 1.29 is 4.79 Å². The minimum Gasteiger partial charge on any atom is -0.342 e. The zero-order valence-corrected chi connectivity index (χ0v) is 9.47. The van der Waals surface area contributed by atoms with E-state index in [1.54, 1.807) is 11.9 Å². The smallest absolute Gasteiger partial charge is 0.244 e. The number of carbonyl (C=O) groups excluding carboxylic acids is 1. The number of benzene rings is 1. The van der Waals surface area contributed by atoms with Gasteiger partial charge in [-0.15, -0.1) is 0 Å². The summed E-state index contributed by atoms with van der Waals surface area (Å²) in [5, 5.41) is 0. The summed E-state index contributed by atoms with van der Waals surface area (Å²) in [5.74, 6) is -0.0452. The van der Waals surface area contributed by atoms with Crippen molar-refractivity contribution in [1.82, 2.24) is 4.90 Å². The molecule has 1 unspecified atom stereocenters. The largest absolute Gasteiger partial charge is 0.342 e. The number of amides is 1. The molecule has 1 atom stereocenters. The van der Waals surface area contributed by atoms with Gasteiger partial charge in [-0.2, -0.15) is 0 Å². The van der Waals surface area contributed by atoms with Crippen LogP contribution in [-0.2, 0) is 4.79 Å². The Morgan fingerprint density at radius 2 is 1.80 bits per heavy atom. The summed E-state index contributed by atoms with van der Waals surface area (Å²) < 4.78 is 0. The van der Waals surface area contributed by atoms with Gasteiger partial charge in [-0.05, 0) is 19.4 Å². The minimum atomic E-state index is -0.557. The highest BCUT2D eigenvalue weighted by Gasteiger charge is 2.20. The zero-order chi connectivity index (χ0) is 11.4. The lowest BCUT2D eigenvalue weighted by atomic mass is 10.1. The molecule has 0 aliphatic carbocycles. The quantitative estimate of drug-likeness (QED) is 0.815. The molecular formula is C12H18N2O. The lowest BCUT2D eigenvalue weighted by Gasteiger charge is -2.25. The van der Waals surface area contributed by atoms with E-state index in [1.807, 2.05) is 44.2 Å². The number of hydrogen-bond donors (Lipinski definition) is 1. The number of rotatable bonds is 3. The van der Waals surface area contributed by atoms with Gasteiger partial charge in [0.1, 0.15) is 6.04 Å². The van der Waals surface area contributed by atoms with Gasteiger partial charge in [0.15, 0.2) is 0 Å². The van der Waals surface area contributed by atoms with Crippen LogP contribution in [0.15, 0.2) is 30.3 Å². The fourth-order valence-corrected chi connectivity index (χ4v) is 1.28. The molecule has 0 spiro atoms. The highest BCUT2D eigenvalue weighted by atomic mass is 16.2. The first-order valence-electron chi connectivity index (χ1n) is 5.11. The van der Waals surface area contributed by atoms with Gasteiger partial charge in [0, 0.05) is 13.1 Å². The lowest BCUT2D eigenvalue weighted by Crippen LogP contribution is -2.39. The highest BCUT2D eigenvalue weighted by molar-refractivity contribution is 5.83. The van der Waals surface area contributed by atoms with Crippen molar-refractivity contribution in [2.24, 2.45) is 5.73 Å². The summed E-state index contributed by atoms with van der Waals surface area (Å²) in [6.45, 7) is 3.94. The number of nitrogens with zero attached hydrogens (tertiary/aromatic N) is 1. The van der Waals surface area contributed by atoms with Gasteiger partial charge in [0.05, 0.1) is 0 Å². The van der Waals surface area contributed by atoms with Crippen LogP contribution in [0.2, 0.25) is 0 Å². The van der Waals surface area contributed by atoms with Crippen LogP contribution in [0.5, 0.6) is 0 Å². The molecule has 1 aromatic rings. The van der Waals surface area contributed by atoms with Crippen molar-refractivity contribution in [3.05, 3.63) is 35.9 Å². The van der Waals surface area contributed by atoms with E-state index in [4.69, 9.17) is 5.73 Å². The monoisotopic (exact) mass is 206 g/mol. The van der Waals surface area contributed by atoms with E-state index in [0.29, 0.717) is 0 Å². The SMILES string of the molecule is CC(C)N(C)C(=O)C(N)c1ccccc1. The minimum absolute atomic E-state index is 0.0452. The molecule has 0 fully saturated rings. The molecular weight excluding hydrogens is 188 g/mol. The van der Waals surface area contributed by atoms with E-state index >= 15 is 0 Å². The van der Waals surface area contributed by atoms with Crippen molar-refractivity contribution in [2.75, 3.05) is 7.05 Å². The van der Waals surface area contributed by atoms with Gasteiger partial charge >= 0.3 is 0 Å². The number of carbonyl (C=O) groups is 1. The second-order valence-corrected chi connectivity index (χ2v) is 3.93. The van der Waals surface area contributed by atoms with Crippen LogP contribution in [0, 0.1) is 0 Å². The first kappa shape index (κ1) is 11.7. The molecule has 0 saturated heterocycles. The molecule has 1 amide bonds. The fourth-order valence-electron chi connectivity index (χ4n) is 1.28. The molecule has 3 heteroatoms. The summed E-state index contributed by atoms with van der Waals surface area (Å²) in [5.41, 5.74) is 6.74. The van der Waals surface area contributed by atoms with Crippen LogP contribution in [0.25, 0.3) is 0 Å². The van der Waals surface area contributed by atoms with E-state index < -0.39 is 6.04 Å². The molecule has 15 heavy (non-hydrogen) atoms. The van der Waals surface area contributed by atoms with Crippen LogP contribution in [-0.4, -0.2) is 23.9 Å². The van der Waals surface area contributed by atoms with Gasteiger partial charge < -0.3 is 10.6 Å². The Hall–Kier alpha value is -1.35. The predicted molar refractivity (Wildman–Crippen MR) is 61.3 cm³/mol. The molecule has 0 aromatic heterocycles. The van der Waals surface area contributed by atoms with Crippen LogP contribution in [0.4, 0.5) is 0 Å². The molecule has 1 rings (SSSR count). The number of hydrogen-bond acceptors (Lipinski definition) is 2. The van der Waals surface area contributed by atoms with E-state index in [2.05, 4.69) is 0 Å². The summed E-state index contributed by atoms with van der Waals surface area (Å²) in [7, 11) is 1.77. The van der Waals surface area contributed by atoms with Gasteiger partial charge in [0.2, 0.25) is 5.91 Å². The Morgan fingerprint density at radius 1 is 1.27 bits per heavy atom. The van der Waals surface area contributed by atoms with E-state index in [9.17, 15) is 4.79 Å². The average molecular weight is 206 g/mol. The third kappa shape index (κ3) is 2.80. The maximum absolute atomic E-state index is 11.9. The van der Waals surface area contributed by atoms with Crippen LogP contribution in [0.1, 0.15) is 25.5 Å². The predicted octanol–water partition coefficient (Wildman–Crippen LogP) is 1.55. The van der Waals surface area contributed by atoms with Crippen molar-refractivity contribution >= 4 is 5.91 Å². The van der Waals surface area contributed by atoms with E-state index in [1.165, 1.54) is 0 Å². The summed E-state index contributed by atoms with van der Waals surface area (Å²) >= 11 is 0. The third-order valence-electron chi connectivity index (χ3n) is 2.55. The van der Waals surface area contributed by atoms with Crippen LogP contribution >= 0.6 is 0 Å². The Balaban J connectivity index is 2.78. The third-order valence-corrected chi connectivity index (χ3v) is 2.55. The van der Waals surface area contributed by atoms with Crippen molar-refractivity contribution in [3.63, 3.8) is 0 Å². The van der Waals surface area contributed by atoms with Crippen LogP contribution < -0.4 is 5.73 Å². The average Bonchev–Trinajstić information content (AvgIpc) is 2.27. The molecule has 0 bridgehead atoms. The Bertz CT molecular complexity index is 322. The maximum atomic E-state index is 11.9.